The number of carbonyl (C=O) groups excluding carboxylic acids is 1. The number of nitrogens with zero attached hydrogens (tertiary/aromatic N) is 2. The minimum Gasteiger partial charge on any atom is -0.356 e. The van der Waals surface area contributed by atoms with E-state index in [2.05, 4.69) is 27.0 Å². The third kappa shape index (κ3) is 5.79. The first-order valence-corrected chi connectivity index (χ1v) is 13.0. The van der Waals surface area contributed by atoms with Crippen LogP contribution in [0.4, 0.5) is 10.2 Å². The van der Waals surface area contributed by atoms with E-state index in [0.29, 0.717) is 5.69 Å². The molecule has 190 valence electrons. The van der Waals surface area contributed by atoms with E-state index in [1.165, 1.54) is 23.0 Å². The summed E-state index contributed by atoms with van der Waals surface area (Å²) in [6.07, 6.45) is 4.85. The van der Waals surface area contributed by atoms with Gasteiger partial charge in [0.05, 0.1) is 11.2 Å². The van der Waals surface area contributed by atoms with Gasteiger partial charge in [-0.25, -0.2) is 9.37 Å². The lowest BCUT2D eigenvalue weighted by molar-refractivity contribution is 0.0950. The number of amides is 1. The van der Waals surface area contributed by atoms with Crippen molar-refractivity contribution >= 4 is 23.5 Å². The van der Waals surface area contributed by atoms with Crippen molar-refractivity contribution in [1.29, 1.82) is 0 Å². The summed E-state index contributed by atoms with van der Waals surface area (Å²) in [7, 11) is 1.92. The second-order valence-corrected chi connectivity index (χ2v) is 10.6. The highest BCUT2D eigenvalue weighted by molar-refractivity contribution is 7.99. The minimum absolute atomic E-state index is 0.144. The number of hydrogen-bond acceptors (Lipinski definition) is 6. The highest BCUT2D eigenvalue weighted by Gasteiger charge is 2.27. The van der Waals surface area contributed by atoms with Crippen LogP contribution in [0.3, 0.4) is 0 Å². The predicted molar refractivity (Wildman–Crippen MR) is 143 cm³/mol. The summed E-state index contributed by atoms with van der Waals surface area (Å²) >= 11 is 1.74. The third-order valence-electron chi connectivity index (χ3n) is 6.19. The summed E-state index contributed by atoms with van der Waals surface area (Å²) in [5.41, 5.74) is 0.791. The first-order valence-electron chi connectivity index (χ1n) is 12.1. The van der Waals surface area contributed by atoms with Crippen molar-refractivity contribution in [2.75, 3.05) is 24.7 Å². The number of hydrogen-bond donors (Lipinski definition) is 3. The summed E-state index contributed by atoms with van der Waals surface area (Å²) in [6.45, 7) is 6.47. The molecule has 1 amide bonds. The fraction of sp³-hybridized carbons (Fsp3) is 0.370. The molecule has 3 aromatic rings. The van der Waals surface area contributed by atoms with Crippen LogP contribution in [0.25, 0.3) is 5.69 Å². The maximum absolute atomic E-state index is 14.8. The highest BCUT2D eigenvalue weighted by atomic mass is 32.2. The number of benzene rings is 2. The second kappa shape index (κ2) is 10.8. The normalized spacial score (nSPS) is 13.5. The molecule has 1 saturated carbocycles. The highest BCUT2D eigenvalue weighted by Crippen LogP contribution is 2.33. The van der Waals surface area contributed by atoms with Crippen LogP contribution in [0.15, 0.2) is 58.5 Å². The van der Waals surface area contributed by atoms with Gasteiger partial charge < -0.3 is 16.0 Å². The van der Waals surface area contributed by atoms with Crippen LogP contribution in [-0.2, 0) is 5.54 Å². The van der Waals surface area contributed by atoms with Crippen molar-refractivity contribution in [3.63, 3.8) is 0 Å². The summed E-state index contributed by atoms with van der Waals surface area (Å²) in [5, 5.41) is 9.33. The van der Waals surface area contributed by atoms with Gasteiger partial charge >= 0.3 is 0 Å². The van der Waals surface area contributed by atoms with Gasteiger partial charge in [-0.3, -0.25) is 14.2 Å². The maximum Gasteiger partial charge on any atom is 0.297 e. The standard InChI is InChI=1S/C27H32FN5O2S/c1-17-21(28)15-18(25(34)31-19-9-10-19)16-22(17)33-13-11-30-24(26(33)35)32-27(2,3)20-7-5-6-8-23(20)36-14-12-29-4/h5-8,11,13,15-16,19,29H,9-10,12,14H2,1-4H3,(H,30,32)(H,31,34). The molecule has 0 atom stereocenters. The lowest BCUT2D eigenvalue weighted by Gasteiger charge is -2.29. The van der Waals surface area contributed by atoms with Gasteiger partial charge in [0, 0.05) is 46.8 Å². The molecule has 0 spiro atoms. The van der Waals surface area contributed by atoms with Gasteiger partial charge in [0.15, 0.2) is 5.82 Å². The number of rotatable bonds is 10. The summed E-state index contributed by atoms with van der Waals surface area (Å²) < 4.78 is 16.1. The average molecular weight is 510 g/mol. The van der Waals surface area contributed by atoms with Crippen molar-refractivity contribution in [3.8, 4) is 5.69 Å². The molecule has 1 aliphatic carbocycles. The Morgan fingerprint density at radius 2 is 2.00 bits per heavy atom. The molecular formula is C27H32FN5O2S. The Morgan fingerprint density at radius 3 is 2.72 bits per heavy atom. The topological polar surface area (TPSA) is 88.1 Å². The van der Waals surface area contributed by atoms with Crippen LogP contribution >= 0.6 is 11.8 Å². The van der Waals surface area contributed by atoms with Gasteiger partial charge in [-0.15, -0.1) is 11.8 Å². The van der Waals surface area contributed by atoms with E-state index in [0.717, 1.165) is 35.6 Å². The molecule has 0 unspecified atom stereocenters. The number of carbonyl (C=O) groups is 1. The fourth-order valence-electron chi connectivity index (χ4n) is 3.96. The molecule has 0 saturated heterocycles. The summed E-state index contributed by atoms with van der Waals surface area (Å²) in [4.78, 5) is 31.5. The number of aromatic nitrogens is 2. The van der Waals surface area contributed by atoms with Gasteiger partial charge in [-0.1, -0.05) is 18.2 Å². The fourth-order valence-corrected chi connectivity index (χ4v) is 5.14. The van der Waals surface area contributed by atoms with Crippen molar-refractivity contribution in [1.82, 2.24) is 20.2 Å². The van der Waals surface area contributed by atoms with Gasteiger partial charge in [0.2, 0.25) is 0 Å². The molecule has 7 nitrogen and oxygen atoms in total. The number of anilines is 1. The largest absolute Gasteiger partial charge is 0.356 e. The summed E-state index contributed by atoms with van der Waals surface area (Å²) in [5.74, 6) is 0.173. The lowest BCUT2D eigenvalue weighted by Crippen LogP contribution is -2.34. The Bertz CT molecular complexity index is 1320. The van der Waals surface area contributed by atoms with Gasteiger partial charge in [-0.2, -0.15) is 0 Å². The molecule has 3 N–H and O–H groups in total. The molecule has 1 fully saturated rings. The second-order valence-electron chi connectivity index (χ2n) is 9.50. The molecular weight excluding hydrogens is 477 g/mol. The first-order chi connectivity index (χ1) is 17.2. The number of nitrogens with one attached hydrogen (secondary N) is 3. The number of thioether (sulfide) groups is 1. The molecule has 36 heavy (non-hydrogen) atoms. The van der Waals surface area contributed by atoms with E-state index in [1.54, 1.807) is 24.8 Å². The smallest absolute Gasteiger partial charge is 0.297 e. The van der Waals surface area contributed by atoms with Gasteiger partial charge in [0.25, 0.3) is 11.5 Å². The molecule has 0 radical (unpaired) electrons. The average Bonchev–Trinajstić information content (AvgIpc) is 3.66. The van der Waals surface area contributed by atoms with Crippen LogP contribution in [0.2, 0.25) is 0 Å². The van der Waals surface area contributed by atoms with Crippen LogP contribution in [-0.4, -0.2) is 40.8 Å². The van der Waals surface area contributed by atoms with Crippen molar-refractivity contribution in [2.45, 2.75) is 50.1 Å². The molecule has 9 heteroatoms. The predicted octanol–water partition coefficient (Wildman–Crippen LogP) is 4.23. The van der Waals surface area contributed by atoms with E-state index >= 15 is 0 Å². The quantitative estimate of drug-likeness (QED) is 0.280. The lowest BCUT2D eigenvalue weighted by atomic mass is 9.94. The molecule has 0 aliphatic heterocycles. The van der Waals surface area contributed by atoms with E-state index in [1.807, 2.05) is 39.1 Å². The zero-order valence-electron chi connectivity index (χ0n) is 21.0. The molecule has 4 rings (SSSR count). The van der Waals surface area contributed by atoms with E-state index in [4.69, 9.17) is 0 Å². The van der Waals surface area contributed by atoms with Crippen LogP contribution in [0, 0.1) is 12.7 Å². The molecule has 1 aliphatic rings. The Morgan fingerprint density at radius 1 is 1.25 bits per heavy atom. The Hall–Kier alpha value is -3.17. The monoisotopic (exact) mass is 509 g/mol. The van der Waals surface area contributed by atoms with E-state index in [-0.39, 0.29) is 28.9 Å². The zero-order valence-corrected chi connectivity index (χ0v) is 21.8. The van der Waals surface area contributed by atoms with Gasteiger partial charge in [-0.05, 0) is 64.4 Å². The van der Waals surface area contributed by atoms with Gasteiger partial charge in [0.1, 0.15) is 5.82 Å². The molecule has 2 aromatic carbocycles. The summed E-state index contributed by atoms with van der Waals surface area (Å²) in [6, 6.07) is 11.0. The Balaban J connectivity index is 1.67. The minimum atomic E-state index is -0.610. The van der Waals surface area contributed by atoms with Crippen LogP contribution in [0.1, 0.15) is 48.2 Å². The first kappa shape index (κ1) is 25.9. The molecule has 1 aromatic heterocycles. The zero-order chi connectivity index (χ0) is 25.9. The van der Waals surface area contributed by atoms with Crippen LogP contribution in [0.5, 0.6) is 0 Å². The van der Waals surface area contributed by atoms with E-state index in [9.17, 15) is 14.0 Å². The van der Waals surface area contributed by atoms with Crippen molar-refractivity contribution in [2.24, 2.45) is 0 Å². The SMILES string of the molecule is CNCCSc1ccccc1C(C)(C)Nc1nccn(-c2cc(C(=O)NC3CC3)cc(F)c2C)c1=O. The third-order valence-corrected chi connectivity index (χ3v) is 7.27. The van der Waals surface area contributed by atoms with Crippen molar-refractivity contribution < 1.29 is 9.18 Å². The molecule has 1 heterocycles. The van der Waals surface area contributed by atoms with E-state index < -0.39 is 16.9 Å². The maximum atomic E-state index is 14.8. The van der Waals surface area contributed by atoms with Crippen LogP contribution < -0.4 is 21.5 Å². The molecule has 0 bridgehead atoms. The van der Waals surface area contributed by atoms with Crippen molar-refractivity contribution in [3.05, 3.63) is 81.7 Å². The Kier molecular flexibility index (Phi) is 7.80. The Labute approximate surface area is 214 Å². The number of halogens is 1.